The van der Waals surface area contributed by atoms with Gasteiger partial charge in [0.1, 0.15) is 23.3 Å². The number of aliphatic hydroxyl groups is 1. The van der Waals surface area contributed by atoms with Gasteiger partial charge in [-0.25, -0.2) is 4.98 Å². The Kier molecular flexibility index (Phi) is 12.3. The summed E-state index contributed by atoms with van der Waals surface area (Å²) in [6, 6.07) is 25.6. The van der Waals surface area contributed by atoms with Gasteiger partial charge in [-0.1, -0.05) is 42.5 Å². The van der Waals surface area contributed by atoms with E-state index in [0.717, 1.165) is 5.39 Å². The highest BCUT2D eigenvalue weighted by Gasteiger charge is 2.48. The predicted molar refractivity (Wildman–Crippen MR) is 211 cm³/mol. The highest BCUT2D eigenvalue weighted by molar-refractivity contribution is 6.07. The molecule has 0 fully saturated rings. The van der Waals surface area contributed by atoms with Crippen molar-refractivity contribution in [2.24, 2.45) is 0 Å². The first-order valence-corrected chi connectivity index (χ1v) is 19.0. The second-order valence-electron chi connectivity index (χ2n) is 13.7. The van der Waals surface area contributed by atoms with E-state index in [2.05, 4.69) is 10.3 Å². The van der Waals surface area contributed by atoms with Gasteiger partial charge in [-0.3, -0.25) is 24.1 Å². The van der Waals surface area contributed by atoms with Gasteiger partial charge in [-0.2, -0.15) is 0 Å². The monoisotopic (exact) mass is 789 g/mol. The summed E-state index contributed by atoms with van der Waals surface area (Å²) in [5.41, 5.74) is 2.64. The quantitative estimate of drug-likeness (QED) is 0.104. The summed E-state index contributed by atoms with van der Waals surface area (Å²) in [4.78, 5) is 62.5. The van der Waals surface area contributed by atoms with Gasteiger partial charge in [0.05, 0.1) is 62.9 Å². The van der Waals surface area contributed by atoms with Gasteiger partial charge in [-0.15, -0.1) is 0 Å². The first kappa shape index (κ1) is 39.6. The molecule has 5 aromatic rings. The smallest absolute Gasteiger partial charge is 0.310 e. The number of hydrogen-bond acceptors (Lipinski definition) is 12. The molecule has 2 aliphatic heterocycles. The van der Waals surface area contributed by atoms with E-state index in [1.54, 1.807) is 92.9 Å². The summed E-state index contributed by atoms with van der Waals surface area (Å²) in [5.74, 6) is -0.303. The number of hydrogen-bond donors (Lipinski definition) is 2. The van der Waals surface area contributed by atoms with Crippen LogP contribution >= 0.6 is 0 Å². The second kappa shape index (κ2) is 18.1. The Hall–Kier alpha value is -6.67. The first-order valence-electron chi connectivity index (χ1n) is 19.0. The molecule has 7 rings (SSSR count). The van der Waals surface area contributed by atoms with E-state index in [4.69, 9.17) is 28.4 Å². The lowest BCUT2D eigenvalue weighted by molar-refractivity contribution is -0.155. The molecular formula is C44H43N3O11. The van der Waals surface area contributed by atoms with E-state index in [9.17, 15) is 24.3 Å². The van der Waals surface area contributed by atoms with Crippen molar-refractivity contribution < 1.29 is 52.7 Å². The number of amides is 2. The molecule has 0 saturated carbocycles. The highest BCUT2D eigenvalue weighted by atomic mass is 16.7. The third kappa shape index (κ3) is 8.97. The Morgan fingerprint density at radius 3 is 2.43 bits per heavy atom. The van der Waals surface area contributed by atoms with Crippen LogP contribution in [0.2, 0.25) is 0 Å². The number of nitrogens with one attached hydrogen (secondary N) is 1. The molecule has 1 aromatic heterocycles. The standard InChI is InChI=1S/C44H43N3O11/c1-3-54-40(50)25-36-43(58-41(51)23-28-11-18-37-38(21-28)57-26-56-37)42(46-39(49)22-27-9-13-30(53-2)14-10-27)32-24-31(55-20-6-19-48)15-17-35(32)47(36)44(52)34-16-12-29-7-4-5-8-33(29)45-34/h4-5,7-18,21,24,36,42-43,48H,3,6,19-20,22-23,25-26H2,1-2H3,(H,46,49)/t36-,42-,43-/m0/s1. The predicted octanol–water partition coefficient (Wildman–Crippen LogP) is 5.27. The lowest BCUT2D eigenvalue weighted by Crippen LogP contribution is -2.58. The molecule has 2 N–H and O–H groups in total. The minimum absolute atomic E-state index is 0.0490. The maximum absolute atomic E-state index is 14.9. The third-order valence-electron chi connectivity index (χ3n) is 9.81. The SMILES string of the molecule is CCOC(=O)C[C@H]1[C@H](OC(=O)Cc2ccc3c(c2)OCO3)[C@@H](NC(=O)Cc2ccc(OC)cc2)c2cc(OCCCO)ccc2N1C(=O)c1ccc2ccccc2n1. The van der Waals surface area contributed by atoms with E-state index >= 15 is 0 Å². The van der Waals surface area contributed by atoms with Crippen molar-refractivity contribution in [3.8, 4) is 23.0 Å². The number of pyridine rings is 1. The number of nitrogens with zero attached hydrogens (tertiary/aromatic N) is 2. The minimum atomic E-state index is -1.32. The average Bonchev–Trinajstić information content (AvgIpc) is 3.70. The van der Waals surface area contributed by atoms with E-state index < -0.39 is 48.4 Å². The molecule has 4 aromatic carbocycles. The number of ether oxygens (including phenoxy) is 6. The first-order chi connectivity index (χ1) is 28.2. The zero-order valence-corrected chi connectivity index (χ0v) is 32.1. The molecule has 0 saturated heterocycles. The third-order valence-corrected chi connectivity index (χ3v) is 9.81. The van der Waals surface area contributed by atoms with Gasteiger partial charge in [0, 0.05) is 24.0 Å². The van der Waals surface area contributed by atoms with Crippen LogP contribution in [0.4, 0.5) is 5.69 Å². The summed E-state index contributed by atoms with van der Waals surface area (Å²) in [6.45, 7) is 1.88. The number of aliphatic hydroxyl groups excluding tert-OH is 1. The summed E-state index contributed by atoms with van der Waals surface area (Å²) >= 11 is 0. The highest BCUT2D eigenvalue weighted by Crippen LogP contribution is 2.43. The Balaban J connectivity index is 1.33. The number of carbonyl (C=O) groups is 4. The van der Waals surface area contributed by atoms with Crippen LogP contribution in [0, 0.1) is 0 Å². The van der Waals surface area contributed by atoms with E-state index in [1.807, 2.05) is 18.2 Å². The number of anilines is 1. The Labute approximate surface area is 334 Å². The van der Waals surface area contributed by atoms with Crippen LogP contribution in [0.1, 0.15) is 53.0 Å². The lowest BCUT2D eigenvalue weighted by Gasteiger charge is -2.45. The molecular weight excluding hydrogens is 746 g/mol. The number of rotatable bonds is 15. The number of benzene rings is 4. The normalized spacial score (nSPS) is 16.6. The molecule has 14 heteroatoms. The lowest BCUT2D eigenvalue weighted by atomic mass is 9.85. The topological polar surface area (TPSA) is 172 Å². The fourth-order valence-electron chi connectivity index (χ4n) is 7.11. The van der Waals surface area contributed by atoms with Crippen molar-refractivity contribution in [1.82, 2.24) is 10.3 Å². The number of methoxy groups -OCH3 is 1. The Morgan fingerprint density at radius 1 is 0.862 bits per heavy atom. The molecule has 2 amide bonds. The van der Waals surface area contributed by atoms with Crippen LogP contribution in [-0.2, 0) is 36.7 Å². The summed E-state index contributed by atoms with van der Waals surface area (Å²) in [6.07, 6.45) is -1.61. The zero-order valence-electron chi connectivity index (χ0n) is 32.1. The molecule has 2 aliphatic rings. The number of aromatic nitrogens is 1. The zero-order chi connectivity index (χ0) is 40.6. The molecule has 14 nitrogen and oxygen atoms in total. The van der Waals surface area contributed by atoms with Gasteiger partial charge in [0.25, 0.3) is 5.91 Å². The molecule has 0 radical (unpaired) electrons. The largest absolute Gasteiger partial charge is 0.497 e. The molecule has 300 valence electrons. The van der Waals surface area contributed by atoms with Crippen LogP contribution in [0.3, 0.4) is 0 Å². The fourth-order valence-corrected chi connectivity index (χ4v) is 7.11. The van der Waals surface area contributed by atoms with Gasteiger partial charge >= 0.3 is 11.9 Å². The average molecular weight is 790 g/mol. The number of para-hydroxylation sites is 1. The van der Waals surface area contributed by atoms with Gasteiger partial charge in [-0.05, 0) is 72.6 Å². The summed E-state index contributed by atoms with van der Waals surface area (Å²) in [5, 5.41) is 13.3. The van der Waals surface area contributed by atoms with E-state index in [-0.39, 0.29) is 45.1 Å². The number of esters is 2. The molecule has 0 aliphatic carbocycles. The molecule has 0 bridgehead atoms. The van der Waals surface area contributed by atoms with Crippen LogP contribution in [0.25, 0.3) is 10.9 Å². The Morgan fingerprint density at radius 2 is 1.64 bits per heavy atom. The Bertz CT molecular complexity index is 2300. The fraction of sp³-hybridized carbons (Fsp3) is 0.295. The van der Waals surface area contributed by atoms with E-state index in [0.29, 0.717) is 57.3 Å². The number of fused-ring (bicyclic) bond motifs is 3. The van der Waals surface area contributed by atoms with Crippen molar-refractivity contribution >= 4 is 40.3 Å². The van der Waals surface area contributed by atoms with Crippen LogP contribution in [0.5, 0.6) is 23.0 Å². The number of carbonyl (C=O) groups excluding carboxylic acids is 4. The van der Waals surface area contributed by atoms with Crippen molar-refractivity contribution in [2.45, 2.75) is 50.8 Å². The van der Waals surface area contributed by atoms with Crippen LogP contribution in [0.15, 0.2) is 97.1 Å². The van der Waals surface area contributed by atoms with Crippen molar-refractivity contribution in [3.05, 3.63) is 119 Å². The minimum Gasteiger partial charge on any atom is -0.497 e. The van der Waals surface area contributed by atoms with Crippen molar-refractivity contribution in [2.75, 3.05) is 38.6 Å². The van der Waals surface area contributed by atoms with Crippen molar-refractivity contribution in [3.63, 3.8) is 0 Å². The maximum Gasteiger partial charge on any atom is 0.310 e. The van der Waals surface area contributed by atoms with Crippen LogP contribution < -0.4 is 29.2 Å². The molecule has 3 atom stereocenters. The molecule has 58 heavy (non-hydrogen) atoms. The van der Waals surface area contributed by atoms with Gasteiger partial charge < -0.3 is 38.8 Å². The summed E-state index contributed by atoms with van der Waals surface area (Å²) in [7, 11) is 1.55. The van der Waals surface area contributed by atoms with E-state index in [1.165, 1.54) is 4.90 Å². The molecule has 0 unspecified atom stereocenters. The van der Waals surface area contributed by atoms with Crippen LogP contribution in [-0.4, -0.2) is 79.7 Å². The molecule has 3 heterocycles. The maximum atomic E-state index is 14.9. The van der Waals surface area contributed by atoms with Crippen molar-refractivity contribution in [1.29, 1.82) is 0 Å². The second-order valence-corrected chi connectivity index (χ2v) is 13.7. The summed E-state index contributed by atoms with van der Waals surface area (Å²) < 4.78 is 33.9. The van der Waals surface area contributed by atoms with Gasteiger partial charge in [0.15, 0.2) is 11.5 Å². The van der Waals surface area contributed by atoms with Gasteiger partial charge in [0.2, 0.25) is 12.7 Å². The molecule has 0 spiro atoms.